The zero-order chi connectivity index (χ0) is 15.8. The van der Waals surface area contributed by atoms with Crippen LogP contribution in [0.1, 0.15) is 12.1 Å². The number of aliphatic carboxylic acids is 2. The van der Waals surface area contributed by atoms with Crippen LogP contribution in [0.3, 0.4) is 0 Å². The van der Waals surface area contributed by atoms with Crippen LogP contribution in [0.4, 0.5) is 4.39 Å². The Morgan fingerprint density at radius 2 is 2.05 bits per heavy atom. The molecule has 4 N–H and O–H groups in total. The average Bonchev–Trinajstić information content (AvgIpc) is 2.45. The van der Waals surface area contributed by atoms with Gasteiger partial charge < -0.3 is 20.7 Å². The Kier molecular flexibility index (Phi) is 6.54. The van der Waals surface area contributed by atoms with E-state index >= 15 is 0 Å². The molecule has 0 fully saturated rings. The largest absolute Gasteiger partial charge is 0.489 e. The van der Waals surface area contributed by atoms with Crippen molar-refractivity contribution in [3.63, 3.8) is 0 Å². The summed E-state index contributed by atoms with van der Waals surface area (Å²) < 4.78 is 16.9. The number of aromatic nitrogens is 1. The number of hydrogen-bond acceptors (Lipinski definition) is 5. The minimum absolute atomic E-state index is 0.0553. The number of halogens is 1. The van der Waals surface area contributed by atoms with Crippen molar-refractivity contribution in [1.29, 1.82) is 0 Å². The summed E-state index contributed by atoms with van der Waals surface area (Å²) in [7, 11) is 0. The van der Waals surface area contributed by atoms with Gasteiger partial charge in [0, 0.05) is 12.1 Å². The molecule has 0 aromatic carbocycles. The Balaban J connectivity index is 2.66. The summed E-state index contributed by atoms with van der Waals surface area (Å²) in [4.78, 5) is 25.8. The number of nitrogens with two attached hydrogens (primary N) is 1. The maximum atomic E-state index is 11.9. The van der Waals surface area contributed by atoms with E-state index in [0.29, 0.717) is 11.4 Å². The molecular weight excluding hydrogens is 283 g/mol. The third-order valence-corrected chi connectivity index (χ3v) is 2.80. The molecule has 7 nitrogen and oxygen atoms in total. The first-order chi connectivity index (χ1) is 9.93. The molecule has 0 aliphatic carbocycles. The molecule has 0 radical (unpaired) electrons. The van der Waals surface area contributed by atoms with Gasteiger partial charge in [-0.15, -0.1) is 0 Å². The highest BCUT2D eigenvalue weighted by molar-refractivity contribution is 5.75. The molecule has 0 saturated carbocycles. The van der Waals surface area contributed by atoms with Crippen LogP contribution in [0, 0.1) is 5.92 Å². The monoisotopic (exact) mass is 300 g/mol. The second-order valence-corrected chi connectivity index (χ2v) is 4.44. The van der Waals surface area contributed by atoms with Crippen LogP contribution in [-0.2, 0) is 16.0 Å². The molecule has 0 bridgehead atoms. The van der Waals surface area contributed by atoms with Crippen LogP contribution in [0.2, 0.25) is 0 Å². The van der Waals surface area contributed by atoms with Crippen LogP contribution in [-0.4, -0.2) is 46.5 Å². The summed E-state index contributed by atoms with van der Waals surface area (Å²) in [6.07, 6.45) is 1.23. The average molecular weight is 300 g/mol. The van der Waals surface area contributed by atoms with Gasteiger partial charge in [0.2, 0.25) is 0 Å². The van der Waals surface area contributed by atoms with Crippen molar-refractivity contribution >= 4 is 11.9 Å². The lowest BCUT2D eigenvalue weighted by Gasteiger charge is -2.14. The molecule has 21 heavy (non-hydrogen) atoms. The summed E-state index contributed by atoms with van der Waals surface area (Å²) in [5, 5.41) is 17.8. The Labute approximate surface area is 120 Å². The lowest BCUT2D eigenvalue weighted by Crippen LogP contribution is -2.35. The molecule has 1 aromatic rings. The number of carbonyl (C=O) groups is 2. The van der Waals surface area contributed by atoms with Crippen molar-refractivity contribution in [2.75, 3.05) is 13.3 Å². The highest BCUT2D eigenvalue weighted by Gasteiger charge is 2.25. The summed E-state index contributed by atoms with van der Waals surface area (Å²) in [6.45, 7) is -0.692. The lowest BCUT2D eigenvalue weighted by atomic mass is 9.95. The molecule has 0 saturated heterocycles. The molecule has 1 unspecified atom stereocenters. The molecule has 2 atom stereocenters. The van der Waals surface area contributed by atoms with Crippen molar-refractivity contribution in [3.8, 4) is 5.75 Å². The van der Waals surface area contributed by atoms with Crippen LogP contribution < -0.4 is 10.5 Å². The minimum atomic E-state index is -1.25. The van der Waals surface area contributed by atoms with Crippen molar-refractivity contribution in [1.82, 2.24) is 4.98 Å². The van der Waals surface area contributed by atoms with Gasteiger partial charge in [-0.25, -0.2) is 4.39 Å². The molecule has 1 aromatic heterocycles. The highest BCUT2D eigenvalue weighted by Crippen LogP contribution is 2.16. The Morgan fingerprint density at radius 1 is 1.33 bits per heavy atom. The smallest absolute Gasteiger partial charge is 0.320 e. The second-order valence-electron chi connectivity index (χ2n) is 4.44. The van der Waals surface area contributed by atoms with Crippen molar-refractivity contribution in [2.24, 2.45) is 11.7 Å². The van der Waals surface area contributed by atoms with E-state index in [1.807, 2.05) is 0 Å². The third kappa shape index (κ3) is 5.74. The van der Waals surface area contributed by atoms with Crippen molar-refractivity contribution in [2.45, 2.75) is 18.9 Å². The SMILES string of the molecule is N[C@@H](CC(Cc1ccc(OCCF)cn1)C(=O)O)C(=O)O. The van der Waals surface area contributed by atoms with Gasteiger partial charge in [0.25, 0.3) is 0 Å². The van der Waals surface area contributed by atoms with E-state index in [4.69, 9.17) is 20.7 Å². The molecule has 0 aliphatic heterocycles. The van der Waals surface area contributed by atoms with Gasteiger partial charge in [0.15, 0.2) is 0 Å². The zero-order valence-corrected chi connectivity index (χ0v) is 11.2. The van der Waals surface area contributed by atoms with Crippen LogP contribution >= 0.6 is 0 Å². The first-order valence-corrected chi connectivity index (χ1v) is 6.29. The fraction of sp³-hybridized carbons (Fsp3) is 0.462. The quantitative estimate of drug-likeness (QED) is 0.606. The van der Waals surface area contributed by atoms with E-state index < -0.39 is 30.6 Å². The van der Waals surface area contributed by atoms with Crippen LogP contribution in [0.25, 0.3) is 0 Å². The molecular formula is C13H17FN2O5. The minimum Gasteiger partial charge on any atom is -0.489 e. The van der Waals surface area contributed by atoms with Crippen molar-refractivity contribution in [3.05, 3.63) is 24.0 Å². The summed E-state index contributed by atoms with van der Waals surface area (Å²) in [5.74, 6) is -2.94. The van der Waals surface area contributed by atoms with Gasteiger partial charge in [0.05, 0.1) is 12.1 Å². The van der Waals surface area contributed by atoms with Gasteiger partial charge in [-0.3, -0.25) is 14.6 Å². The first-order valence-electron chi connectivity index (χ1n) is 6.29. The number of alkyl halides is 1. The summed E-state index contributed by atoms with van der Waals surface area (Å²) in [5.41, 5.74) is 5.81. The van der Waals surface area contributed by atoms with Crippen LogP contribution in [0.5, 0.6) is 5.75 Å². The molecule has 0 aliphatic rings. The Hall–Kier alpha value is -2.22. The maximum Gasteiger partial charge on any atom is 0.320 e. The van der Waals surface area contributed by atoms with Crippen molar-refractivity contribution < 1.29 is 28.9 Å². The van der Waals surface area contributed by atoms with Gasteiger partial charge in [-0.05, 0) is 18.6 Å². The normalized spacial score (nSPS) is 13.4. The first kappa shape index (κ1) is 16.8. The zero-order valence-electron chi connectivity index (χ0n) is 11.2. The predicted molar refractivity (Wildman–Crippen MR) is 70.8 cm³/mol. The lowest BCUT2D eigenvalue weighted by molar-refractivity contribution is -0.143. The van der Waals surface area contributed by atoms with Gasteiger partial charge in [-0.2, -0.15) is 0 Å². The Morgan fingerprint density at radius 3 is 2.52 bits per heavy atom. The highest BCUT2D eigenvalue weighted by atomic mass is 19.1. The second kappa shape index (κ2) is 8.15. The number of hydrogen-bond donors (Lipinski definition) is 3. The van der Waals surface area contributed by atoms with E-state index in [2.05, 4.69) is 4.98 Å². The standard InChI is InChI=1S/C13H17FN2O5/c14-3-4-21-10-2-1-9(16-7-10)5-8(12(17)18)6-11(15)13(19)20/h1-2,7-8,11H,3-6,15H2,(H,17,18)(H,19,20)/t8?,11-/m0/s1. The maximum absolute atomic E-state index is 11.9. The summed E-state index contributed by atoms with van der Waals surface area (Å²) in [6, 6.07) is 1.86. The van der Waals surface area contributed by atoms with Gasteiger partial charge >= 0.3 is 11.9 Å². The molecule has 0 spiro atoms. The Bertz CT molecular complexity index is 480. The van der Waals surface area contributed by atoms with Crippen LogP contribution in [0.15, 0.2) is 18.3 Å². The predicted octanol–water partition coefficient (Wildman–Crippen LogP) is 0.475. The number of rotatable bonds is 9. The molecule has 0 amide bonds. The molecule has 116 valence electrons. The van der Waals surface area contributed by atoms with Gasteiger partial charge in [-0.1, -0.05) is 0 Å². The van der Waals surface area contributed by atoms with E-state index in [1.54, 1.807) is 12.1 Å². The number of pyridine rings is 1. The molecule has 1 rings (SSSR count). The van der Waals surface area contributed by atoms with E-state index in [0.717, 1.165) is 0 Å². The van der Waals surface area contributed by atoms with E-state index in [9.17, 15) is 14.0 Å². The third-order valence-electron chi connectivity index (χ3n) is 2.80. The van der Waals surface area contributed by atoms with E-state index in [1.165, 1.54) is 6.20 Å². The topological polar surface area (TPSA) is 123 Å². The number of carboxylic acids is 2. The van der Waals surface area contributed by atoms with E-state index in [-0.39, 0.29) is 19.4 Å². The number of carboxylic acid groups (broad SMARTS) is 2. The molecule has 1 heterocycles. The number of nitrogens with zero attached hydrogens (tertiary/aromatic N) is 1. The fourth-order valence-electron chi connectivity index (χ4n) is 1.70. The summed E-state index contributed by atoms with van der Waals surface area (Å²) >= 11 is 0. The fourth-order valence-corrected chi connectivity index (χ4v) is 1.70. The van der Waals surface area contributed by atoms with Gasteiger partial charge in [0.1, 0.15) is 25.1 Å². The molecule has 8 heteroatoms. The number of ether oxygens (including phenoxy) is 1.